The molecule has 3 aromatic rings. The standard InChI is InChI=1S/C24H27BrN2O2/c1-16-6-8-18(9-7-16)21(27-12-4-3-5-13-27)15-26-24(28)23-17(2)20-11-10-19(25)14-22(20)29-23/h6-11,14,21H,3-5,12-13,15H2,1-2H3,(H,26,28)/t21-/m1/s1. The number of fused-ring (bicyclic) bond motifs is 1. The molecule has 29 heavy (non-hydrogen) atoms. The van der Waals surface area contributed by atoms with Gasteiger partial charge in [0.25, 0.3) is 5.91 Å². The molecule has 1 amide bonds. The van der Waals surface area contributed by atoms with Crippen LogP contribution >= 0.6 is 15.9 Å². The van der Waals surface area contributed by atoms with E-state index in [1.165, 1.54) is 30.4 Å². The van der Waals surface area contributed by atoms with Crippen molar-refractivity contribution in [1.82, 2.24) is 10.2 Å². The highest BCUT2D eigenvalue weighted by Gasteiger charge is 2.24. The van der Waals surface area contributed by atoms with Gasteiger partial charge in [0, 0.05) is 22.0 Å². The minimum atomic E-state index is -0.149. The second-order valence-electron chi connectivity index (χ2n) is 7.93. The van der Waals surface area contributed by atoms with Crippen molar-refractivity contribution in [1.29, 1.82) is 0 Å². The topological polar surface area (TPSA) is 45.5 Å². The normalized spacial score (nSPS) is 16.1. The first-order valence-corrected chi connectivity index (χ1v) is 11.1. The molecule has 4 rings (SSSR count). The number of aryl methyl sites for hydroxylation is 2. The fourth-order valence-corrected chi connectivity index (χ4v) is 4.50. The SMILES string of the molecule is Cc1ccc([C@@H](CNC(=O)c2oc3cc(Br)ccc3c2C)N2CCCCC2)cc1. The second-order valence-corrected chi connectivity index (χ2v) is 8.85. The first-order valence-electron chi connectivity index (χ1n) is 10.3. The first-order chi connectivity index (χ1) is 14.0. The molecule has 1 N–H and O–H groups in total. The Balaban J connectivity index is 1.54. The molecule has 152 valence electrons. The zero-order chi connectivity index (χ0) is 20.4. The van der Waals surface area contributed by atoms with Gasteiger partial charge in [0.05, 0.1) is 6.04 Å². The highest BCUT2D eigenvalue weighted by molar-refractivity contribution is 9.10. The van der Waals surface area contributed by atoms with Gasteiger partial charge in [-0.2, -0.15) is 0 Å². The Labute approximate surface area is 180 Å². The van der Waals surface area contributed by atoms with E-state index in [2.05, 4.69) is 57.3 Å². The maximum absolute atomic E-state index is 13.0. The summed E-state index contributed by atoms with van der Waals surface area (Å²) in [6.45, 7) is 6.77. The molecule has 1 aliphatic rings. The van der Waals surface area contributed by atoms with Gasteiger partial charge in [-0.1, -0.05) is 52.2 Å². The summed E-state index contributed by atoms with van der Waals surface area (Å²) in [5, 5.41) is 4.12. The number of rotatable bonds is 5. The molecule has 0 radical (unpaired) electrons. The molecule has 0 spiro atoms. The van der Waals surface area contributed by atoms with Crippen LogP contribution in [0.2, 0.25) is 0 Å². The minimum absolute atomic E-state index is 0.149. The van der Waals surface area contributed by atoms with Crippen molar-refractivity contribution in [2.24, 2.45) is 0 Å². The first kappa shape index (κ1) is 20.2. The van der Waals surface area contributed by atoms with Crippen LogP contribution in [0.3, 0.4) is 0 Å². The molecule has 4 nitrogen and oxygen atoms in total. The highest BCUT2D eigenvalue weighted by Crippen LogP contribution is 2.29. The van der Waals surface area contributed by atoms with E-state index in [0.29, 0.717) is 12.3 Å². The Morgan fingerprint density at radius 3 is 2.55 bits per heavy atom. The number of hydrogen-bond donors (Lipinski definition) is 1. The lowest BCUT2D eigenvalue weighted by Gasteiger charge is -2.35. The molecule has 0 bridgehead atoms. The Morgan fingerprint density at radius 2 is 1.83 bits per heavy atom. The van der Waals surface area contributed by atoms with Gasteiger partial charge < -0.3 is 9.73 Å². The lowest BCUT2D eigenvalue weighted by atomic mass is 10.0. The third-order valence-corrected chi connectivity index (χ3v) is 6.35. The fourth-order valence-electron chi connectivity index (χ4n) is 4.16. The van der Waals surface area contributed by atoms with Gasteiger partial charge >= 0.3 is 0 Å². The van der Waals surface area contributed by atoms with E-state index in [0.717, 1.165) is 34.1 Å². The predicted molar refractivity (Wildman–Crippen MR) is 120 cm³/mol. The monoisotopic (exact) mass is 454 g/mol. The van der Waals surface area contributed by atoms with Gasteiger partial charge in [-0.3, -0.25) is 9.69 Å². The summed E-state index contributed by atoms with van der Waals surface area (Å²) in [6.07, 6.45) is 3.72. The Morgan fingerprint density at radius 1 is 1.10 bits per heavy atom. The molecule has 2 heterocycles. The molecule has 1 atom stereocenters. The number of amides is 1. The molecule has 1 saturated heterocycles. The van der Waals surface area contributed by atoms with Crippen molar-refractivity contribution >= 4 is 32.8 Å². The van der Waals surface area contributed by atoms with Crippen LogP contribution in [0.25, 0.3) is 11.0 Å². The molecule has 2 aromatic carbocycles. The zero-order valence-electron chi connectivity index (χ0n) is 17.0. The highest BCUT2D eigenvalue weighted by atomic mass is 79.9. The van der Waals surface area contributed by atoms with Crippen LogP contribution in [0.1, 0.15) is 52.5 Å². The number of nitrogens with one attached hydrogen (secondary N) is 1. The second kappa shape index (κ2) is 8.72. The van der Waals surface area contributed by atoms with Crippen LogP contribution in [0.4, 0.5) is 0 Å². The summed E-state index contributed by atoms with van der Waals surface area (Å²) in [5.41, 5.74) is 4.12. The summed E-state index contributed by atoms with van der Waals surface area (Å²) in [7, 11) is 0. The van der Waals surface area contributed by atoms with Crippen molar-refractivity contribution in [2.45, 2.75) is 39.2 Å². The molecular formula is C24H27BrN2O2. The molecule has 0 aliphatic carbocycles. The van der Waals surface area contributed by atoms with Gasteiger partial charge in [0.2, 0.25) is 0 Å². The Hall–Kier alpha value is -2.11. The third-order valence-electron chi connectivity index (χ3n) is 5.86. The van der Waals surface area contributed by atoms with Crippen molar-refractivity contribution in [3.05, 3.63) is 69.4 Å². The quantitative estimate of drug-likeness (QED) is 0.532. The number of nitrogens with zero attached hydrogens (tertiary/aromatic N) is 1. The number of piperidine rings is 1. The average molecular weight is 455 g/mol. The Bertz CT molecular complexity index is 1000. The number of hydrogen-bond acceptors (Lipinski definition) is 3. The van der Waals surface area contributed by atoms with Crippen LogP contribution in [-0.2, 0) is 0 Å². The number of carbonyl (C=O) groups is 1. The number of furan rings is 1. The number of likely N-dealkylation sites (tertiary alicyclic amines) is 1. The van der Waals surface area contributed by atoms with E-state index in [1.807, 2.05) is 25.1 Å². The molecular weight excluding hydrogens is 428 g/mol. The van der Waals surface area contributed by atoms with Crippen LogP contribution < -0.4 is 5.32 Å². The van der Waals surface area contributed by atoms with E-state index in [1.54, 1.807) is 0 Å². The van der Waals surface area contributed by atoms with Gasteiger partial charge in [-0.05, 0) is 63.5 Å². The maximum atomic E-state index is 13.0. The largest absolute Gasteiger partial charge is 0.451 e. The summed E-state index contributed by atoms with van der Waals surface area (Å²) in [4.78, 5) is 15.5. The molecule has 1 aromatic heterocycles. The smallest absolute Gasteiger partial charge is 0.287 e. The van der Waals surface area contributed by atoms with Gasteiger partial charge in [0.1, 0.15) is 5.58 Å². The van der Waals surface area contributed by atoms with Crippen molar-refractivity contribution < 1.29 is 9.21 Å². The molecule has 5 heteroatoms. The van der Waals surface area contributed by atoms with E-state index < -0.39 is 0 Å². The van der Waals surface area contributed by atoms with Gasteiger partial charge in [-0.15, -0.1) is 0 Å². The molecule has 0 saturated carbocycles. The average Bonchev–Trinajstić information content (AvgIpc) is 3.06. The van der Waals surface area contributed by atoms with Crippen LogP contribution in [0, 0.1) is 13.8 Å². The summed E-state index contributed by atoms with van der Waals surface area (Å²) >= 11 is 3.46. The third kappa shape index (κ3) is 4.41. The number of halogens is 1. The maximum Gasteiger partial charge on any atom is 0.287 e. The van der Waals surface area contributed by atoms with E-state index in [4.69, 9.17) is 4.42 Å². The van der Waals surface area contributed by atoms with Crippen molar-refractivity contribution in [3.8, 4) is 0 Å². The van der Waals surface area contributed by atoms with E-state index >= 15 is 0 Å². The van der Waals surface area contributed by atoms with Crippen LogP contribution in [0.5, 0.6) is 0 Å². The predicted octanol–water partition coefficient (Wildman–Crippen LogP) is 5.77. The van der Waals surface area contributed by atoms with Gasteiger partial charge in [-0.25, -0.2) is 0 Å². The lowest BCUT2D eigenvalue weighted by Crippen LogP contribution is -2.40. The van der Waals surface area contributed by atoms with E-state index in [9.17, 15) is 4.79 Å². The summed E-state index contributed by atoms with van der Waals surface area (Å²) in [6, 6.07) is 14.7. The number of carbonyl (C=O) groups excluding carboxylic acids is 1. The van der Waals surface area contributed by atoms with Crippen molar-refractivity contribution in [2.75, 3.05) is 19.6 Å². The molecule has 1 fully saturated rings. The zero-order valence-corrected chi connectivity index (χ0v) is 18.6. The fraction of sp³-hybridized carbons (Fsp3) is 0.375. The summed E-state index contributed by atoms with van der Waals surface area (Å²) in [5.74, 6) is 0.253. The lowest BCUT2D eigenvalue weighted by molar-refractivity contribution is 0.0898. The molecule has 1 aliphatic heterocycles. The number of benzene rings is 2. The van der Waals surface area contributed by atoms with Crippen LogP contribution in [0.15, 0.2) is 51.4 Å². The van der Waals surface area contributed by atoms with E-state index in [-0.39, 0.29) is 11.9 Å². The minimum Gasteiger partial charge on any atom is -0.451 e. The Kier molecular flexibility index (Phi) is 6.07. The van der Waals surface area contributed by atoms with Crippen molar-refractivity contribution in [3.63, 3.8) is 0 Å². The van der Waals surface area contributed by atoms with Crippen LogP contribution in [-0.4, -0.2) is 30.4 Å². The summed E-state index contributed by atoms with van der Waals surface area (Å²) < 4.78 is 6.83. The van der Waals surface area contributed by atoms with Gasteiger partial charge in [0.15, 0.2) is 5.76 Å². The molecule has 0 unspecified atom stereocenters.